The second-order valence-electron chi connectivity index (χ2n) is 6.55. The summed E-state index contributed by atoms with van der Waals surface area (Å²) in [7, 11) is 0. The molecule has 1 rings (SSSR count). The minimum atomic E-state index is -0.449. The zero-order valence-corrected chi connectivity index (χ0v) is 14.7. The molecule has 0 aliphatic carbocycles. The van der Waals surface area contributed by atoms with E-state index in [4.69, 9.17) is 24.7 Å². The number of hydrogen-bond acceptors (Lipinski definition) is 6. The van der Waals surface area contributed by atoms with Crippen LogP contribution in [0.4, 0.5) is 4.79 Å². The van der Waals surface area contributed by atoms with Crippen molar-refractivity contribution in [3.63, 3.8) is 0 Å². The van der Waals surface area contributed by atoms with E-state index in [1.54, 1.807) is 4.90 Å². The molecule has 0 bridgehead atoms. The highest BCUT2D eigenvalue weighted by molar-refractivity contribution is 5.68. The first-order valence-electron chi connectivity index (χ1n) is 8.37. The third-order valence-corrected chi connectivity index (χ3v) is 3.31. The number of rotatable bonds is 9. The Bertz CT molecular complexity index is 325. The van der Waals surface area contributed by atoms with Crippen LogP contribution in [0.15, 0.2) is 0 Å². The minimum absolute atomic E-state index is 0.186. The van der Waals surface area contributed by atoms with Gasteiger partial charge in [0.1, 0.15) is 5.60 Å². The summed E-state index contributed by atoms with van der Waals surface area (Å²) in [6.45, 7) is 10.3. The summed E-state index contributed by atoms with van der Waals surface area (Å²) < 4.78 is 21.8. The zero-order valence-electron chi connectivity index (χ0n) is 14.7. The number of nitrogens with zero attached hydrogens (tertiary/aromatic N) is 1. The summed E-state index contributed by atoms with van der Waals surface area (Å²) in [5.41, 5.74) is 4.87. The molecule has 0 atom stereocenters. The topological polar surface area (TPSA) is 83.2 Å². The van der Waals surface area contributed by atoms with Crippen molar-refractivity contribution in [2.45, 2.75) is 45.3 Å². The molecule has 1 saturated heterocycles. The minimum Gasteiger partial charge on any atom is -0.444 e. The van der Waals surface area contributed by atoms with Gasteiger partial charge in [0.05, 0.1) is 39.1 Å². The predicted octanol–water partition coefficient (Wildman–Crippen LogP) is 1.39. The highest BCUT2D eigenvalue weighted by atomic mass is 16.6. The van der Waals surface area contributed by atoms with Crippen LogP contribution in [0.5, 0.6) is 0 Å². The molecule has 0 aromatic heterocycles. The van der Waals surface area contributed by atoms with E-state index in [1.807, 2.05) is 20.8 Å². The molecule has 1 heterocycles. The van der Waals surface area contributed by atoms with Gasteiger partial charge in [-0.25, -0.2) is 4.79 Å². The van der Waals surface area contributed by atoms with E-state index in [9.17, 15) is 4.79 Å². The second-order valence-corrected chi connectivity index (χ2v) is 6.55. The first-order valence-corrected chi connectivity index (χ1v) is 8.37. The first-order chi connectivity index (χ1) is 10.9. The largest absolute Gasteiger partial charge is 0.444 e. The molecule has 1 aliphatic rings. The van der Waals surface area contributed by atoms with Crippen LogP contribution in [0.3, 0.4) is 0 Å². The predicted molar refractivity (Wildman–Crippen MR) is 87.5 cm³/mol. The van der Waals surface area contributed by atoms with Crippen molar-refractivity contribution < 1.29 is 23.7 Å². The van der Waals surface area contributed by atoms with Gasteiger partial charge in [-0.15, -0.1) is 0 Å². The molecule has 23 heavy (non-hydrogen) atoms. The molecule has 136 valence electrons. The molecule has 0 saturated carbocycles. The van der Waals surface area contributed by atoms with Crippen molar-refractivity contribution in [3.8, 4) is 0 Å². The Morgan fingerprint density at radius 2 is 1.61 bits per heavy atom. The molecule has 7 nitrogen and oxygen atoms in total. The number of nitrogens with two attached hydrogens (primary N) is 1. The molecule has 0 spiro atoms. The molecule has 1 amide bonds. The van der Waals surface area contributed by atoms with Gasteiger partial charge >= 0.3 is 6.09 Å². The van der Waals surface area contributed by atoms with Crippen molar-refractivity contribution in [1.82, 2.24) is 4.90 Å². The third-order valence-electron chi connectivity index (χ3n) is 3.31. The number of likely N-dealkylation sites (tertiary alicyclic amines) is 1. The number of carbonyl (C=O) groups excluding carboxylic acids is 1. The standard InChI is InChI=1S/C16H32N2O5/c1-16(2,3)23-15(19)18-7-4-14(5-8-18)22-13-12-21-11-10-20-9-6-17/h14H,4-13,17H2,1-3H3. The van der Waals surface area contributed by atoms with Crippen LogP contribution in [-0.2, 0) is 18.9 Å². The van der Waals surface area contributed by atoms with Gasteiger partial charge in [-0.05, 0) is 33.6 Å². The highest BCUT2D eigenvalue weighted by Crippen LogP contribution is 2.17. The van der Waals surface area contributed by atoms with E-state index in [2.05, 4.69) is 0 Å². The summed E-state index contributed by atoms with van der Waals surface area (Å²) in [6, 6.07) is 0. The van der Waals surface area contributed by atoms with Gasteiger partial charge in [-0.1, -0.05) is 0 Å². The van der Waals surface area contributed by atoms with Gasteiger partial charge < -0.3 is 29.6 Å². The van der Waals surface area contributed by atoms with E-state index < -0.39 is 5.60 Å². The van der Waals surface area contributed by atoms with Crippen LogP contribution in [0.2, 0.25) is 0 Å². The maximum absolute atomic E-state index is 12.0. The average Bonchev–Trinajstić information content (AvgIpc) is 2.49. The Morgan fingerprint density at radius 1 is 1.04 bits per heavy atom. The van der Waals surface area contributed by atoms with Crippen molar-refractivity contribution >= 4 is 6.09 Å². The first kappa shape index (κ1) is 20.2. The monoisotopic (exact) mass is 332 g/mol. The summed E-state index contributed by atoms with van der Waals surface area (Å²) >= 11 is 0. The van der Waals surface area contributed by atoms with E-state index in [0.717, 1.165) is 12.8 Å². The SMILES string of the molecule is CC(C)(C)OC(=O)N1CCC(OCCOCCOCCN)CC1. The quantitative estimate of drug-likeness (QED) is 0.643. The summed E-state index contributed by atoms with van der Waals surface area (Å²) in [4.78, 5) is 13.7. The Kier molecular flexibility index (Phi) is 9.47. The molecule has 0 radical (unpaired) electrons. The number of piperidine rings is 1. The van der Waals surface area contributed by atoms with Crippen LogP contribution in [0, 0.1) is 0 Å². The Labute approximate surface area is 139 Å². The smallest absolute Gasteiger partial charge is 0.410 e. The Balaban J connectivity index is 2.03. The molecule has 0 aromatic rings. The van der Waals surface area contributed by atoms with Gasteiger partial charge in [0.25, 0.3) is 0 Å². The van der Waals surface area contributed by atoms with Crippen LogP contribution in [0.25, 0.3) is 0 Å². The Morgan fingerprint density at radius 3 is 2.17 bits per heavy atom. The lowest BCUT2D eigenvalue weighted by atomic mass is 10.1. The summed E-state index contributed by atoms with van der Waals surface area (Å²) in [5, 5.41) is 0. The van der Waals surface area contributed by atoms with E-state index in [1.165, 1.54) is 0 Å². The fourth-order valence-corrected chi connectivity index (χ4v) is 2.21. The maximum atomic E-state index is 12.0. The van der Waals surface area contributed by atoms with Gasteiger partial charge in [-0.2, -0.15) is 0 Å². The summed E-state index contributed by atoms with van der Waals surface area (Å²) in [5.74, 6) is 0. The highest BCUT2D eigenvalue weighted by Gasteiger charge is 2.26. The lowest BCUT2D eigenvalue weighted by Gasteiger charge is -2.33. The molecule has 7 heteroatoms. The number of hydrogen-bond donors (Lipinski definition) is 1. The van der Waals surface area contributed by atoms with Crippen LogP contribution < -0.4 is 5.73 Å². The fraction of sp³-hybridized carbons (Fsp3) is 0.938. The normalized spacial score (nSPS) is 16.6. The molecular formula is C16H32N2O5. The van der Waals surface area contributed by atoms with Gasteiger partial charge in [-0.3, -0.25) is 0 Å². The van der Waals surface area contributed by atoms with Crippen molar-refractivity contribution in [1.29, 1.82) is 0 Å². The molecule has 0 unspecified atom stereocenters. The maximum Gasteiger partial charge on any atom is 0.410 e. The average molecular weight is 332 g/mol. The zero-order chi connectivity index (χ0) is 17.1. The third kappa shape index (κ3) is 9.76. The number of amides is 1. The van der Waals surface area contributed by atoms with Gasteiger partial charge in [0.2, 0.25) is 0 Å². The van der Waals surface area contributed by atoms with Crippen molar-refractivity contribution in [2.24, 2.45) is 5.73 Å². The van der Waals surface area contributed by atoms with Crippen LogP contribution in [-0.4, -0.2) is 75.4 Å². The van der Waals surface area contributed by atoms with E-state index >= 15 is 0 Å². The molecular weight excluding hydrogens is 300 g/mol. The lowest BCUT2D eigenvalue weighted by molar-refractivity contribution is -0.0353. The second kappa shape index (κ2) is 10.8. The lowest BCUT2D eigenvalue weighted by Crippen LogP contribution is -2.43. The van der Waals surface area contributed by atoms with Crippen molar-refractivity contribution in [2.75, 3.05) is 52.7 Å². The molecule has 1 fully saturated rings. The van der Waals surface area contributed by atoms with Gasteiger partial charge in [0.15, 0.2) is 0 Å². The molecule has 2 N–H and O–H groups in total. The summed E-state index contributed by atoms with van der Waals surface area (Å²) in [6.07, 6.45) is 1.61. The van der Waals surface area contributed by atoms with Gasteiger partial charge in [0, 0.05) is 19.6 Å². The number of carbonyl (C=O) groups is 1. The van der Waals surface area contributed by atoms with E-state index in [-0.39, 0.29) is 12.2 Å². The fourth-order valence-electron chi connectivity index (χ4n) is 2.21. The van der Waals surface area contributed by atoms with Crippen LogP contribution in [0.1, 0.15) is 33.6 Å². The molecule has 0 aromatic carbocycles. The van der Waals surface area contributed by atoms with E-state index in [0.29, 0.717) is 52.7 Å². The Hall–Kier alpha value is -0.890. The van der Waals surface area contributed by atoms with Crippen molar-refractivity contribution in [3.05, 3.63) is 0 Å². The van der Waals surface area contributed by atoms with Crippen LogP contribution >= 0.6 is 0 Å². The number of ether oxygens (including phenoxy) is 4. The molecule has 1 aliphatic heterocycles.